The molecular formula is C13H17ClN2O3. The number of rotatable bonds is 5. The number of halogens is 1. The molecule has 1 rings (SSSR count). The van der Waals surface area contributed by atoms with Crippen molar-refractivity contribution < 1.29 is 9.72 Å². The highest BCUT2D eigenvalue weighted by Crippen LogP contribution is 2.23. The summed E-state index contributed by atoms with van der Waals surface area (Å²) in [4.78, 5) is 22.0. The highest BCUT2D eigenvalue weighted by Gasteiger charge is 2.19. The Morgan fingerprint density at radius 3 is 2.58 bits per heavy atom. The zero-order valence-corrected chi connectivity index (χ0v) is 12.0. The van der Waals surface area contributed by atoms with Crippen molar-refractivity contribution >= 4 is 23.2 Å². The van der Waals surface area contributed by atoms with E-state index in [2.05, 4.69) is 5.32 Å². The summed E-state index contributed by atoms with van der Waals surface area (Å²) in [5.74, 6) is -0.318. The lowest BCUT2D eigenvalue weighted by Crippen LogP contribution is -2.33. The fraction of sp³-hybridized carbons (Fsp3) is 0.462. The number of non-ortho nitro benzene ring substituents is 1. The van der Waals surface area contributed by atoms with Crippen molar-refractivity contribution in [3.63, 3.8) is 0 Å². The maximum absolute atomic E-state index is 11.9. The molecule has 0 radical (unpaired) electrons. The van der Waals surface area contributed by atoms with Crippen LogP contribution in [0.25, 0.3) is 0 Å². The van der Waals surface area contributed by atoms with Crippen LogP contribution in [0.1, 0.15) is 37.6 Å². The average molecular weight is 285 g/mol. The van der Waals surface area contributed by atoms with Crippen LogP contribution in [0.3, 0.4) is 0 Å². The number of carbonyl (C=O) groups excluding carboxylic acids is 1. The Balaban J connectivity index is 2.81. The molecule has 1 aromatic rings. The van der Waals surface area contributed by atoms with Crippen LogP contribution in [0.4, 0.5) is 5.69 Å². The Morgan fingerprint density at radius 1 is 1.47 bits per heavy atom. The molecule has 1 N–H and O–H groups in total. The summed E-state index contributed by atoms with van der Waals surface area (Å²) in [6, 6.07) is 3.82. The predicted molar refractivity (Wildman–Crippen MR) is 74.5 cm³/mol. The lowest BCUT2D eigenvalue weighted by atomic mass is 9.90. The second-order valence-corrected chi connectivity index (χ2v) is 5.53. The molecule has 0 fully saturated rings. The Labute approximate surface area is 117 Å². The lowest BCUT2D eigenvalue weighted by molar-refractivity contribution is -0.384. The lowest BCUT2D eigenvalue weighted by Gasteiger charge is -2.22. The van der Waals surface area contributed by atoms with Crippen molar-refractivity contribution in [3.8, 4) is 0 Å². The standard InChI is InChI=1S/C13H17ClN2O3/c1-4-13(2,3)8-15-12(17)10-6-5-9(16(18)19)7-11(10)14/h5-7H,4,8H2,1-3H3,(H,15,17). The van der Waals surface area contributed by atoms with Gasteiger partial charge in [0.2, 0.25) is 0 Å². The SMILES string of the molecule is CCC(C)(C)CNC(=O)c1ccc([N+](=O)[O-])cc1Cl. The highest BCUT2D eigenvalue weighted by atomic mass is 35.5. The molecule has 0 spiro atoms. The normalized spacial score (nSPS) is 11.2. The third kappa shape index (κ3) is 4.21. The molecule has 19 heavy (non-hydrogen) atoms. The van der Waals surface area contributed by atoms with E-state index in [1.807, 2.05) is 20.8 Å². The Kier molecular flexibility index (Phi) is 4.89. The van der Waals surface area contributed by atoms with Crippen molar-refractivity contribution in [2.75, 3.05) is 6.54 Å². The van der Waals surface area contributed by atoms with Crippen LogP contribution in [0.5, 0.6) is 0 Å². The van der Waals surface area contributed by atoms with E-state index >= 15 is 0 Å². The van der Waals surface area contributed by atoms with Crippen LogP contribution < -0.4 is 5.32 Å². The van der Waals surface area contributed by atoms with Crippen molar-refractivity contribution in [2.45, 2.75) is 27.2 Å². The second-order valence-electron chi connectivity index (χ2n) is 5.12. The number of nitrogens with one attached hydrogen (secondary N) is 1. The summed E-state index contributed by atoms with van der Waals surface area (Å²) in [5.41, 5.74) is 0.123. The summed E-state index contributed by atoms with van der Waals surface area (Å²) >= 11 is 5.89. The molecule has 0 bridgehead atoms. The topological polar surface area (TPSA) is 72.2 Å². The zero-order chi connectivity index (χ0) is 14.6. The van der Waals surface area contributed by atoms with Gasteiger partial charge in [-0.2, -0.15) is 0 Å². The fourth-order valence-corrected chi connectivity index (χ4v) is 1.60. The molecule has 0 unspecified atom stereocenters. The molecule has 104 valence electrons. The van der Waals surface area contributed by atoms with Gasteiger partial charge < -0.3 is 5.32 Å². The van der Waals surface area contributed by atoms with Gasteiger partial charge in [0.1, 0.15) is 0 Å². The molecule has 6 heteroatoms. The first kappa shape index (κ1) is 15.4. The molecule has 0 aliphatic heterocycles. The number of carbonyl (C=O) groups is 1. The summed E-state index contributed by atoms with van der Waals surface area (Å²) in [5, 5.41) is 13.4. The van der Waals surface area contributed by atoms with E-state index in [0.29, 0.717) is 6.54 Å². The molecule has 0 saturated heterocycles. The Morgan fingerprint density at radius 2 is 2.11 bits per heavy atom. The Bertz CT molecular complexity index is 501. The number of nitro groups is 1. The van der Waals surface area contributed by atoms with E-state index in [0.717, 1.165) is 6.42 Å². The Hall–Kier alpha value is -1.62. The molecule has 0 atom stereocenters. The van der Waals surface area contributed by atoms with Crippen LogP contribution in [0, 0.1) is 15.5 Å². The van der Waals surface area contributed by atoms with Crippen molar-refractivity contribution in [2.24, 2.45) is 5.41 Å². The number of nitrogens with zero attached hydrogens (tertiary/aromatic N) is 1. The van der Waals surface area contributed by atoms with Crippen LogP contribution in [0.15, 0.2) is 18.2 Å². The molecule has 0 saturated carbocycles. The van der Waals surface area contributed by atoms with E-state index in [1.165, 1.54) is 18.2 Å². The number of hydrogen-bond acceptors (Lipinski definition) is 3. The van der Waals surface area contributed by atoms with Gasteiger partial charge in [0.15, 0.2) is 0 Å². The van der Waals surface area contributed by atoms with Crippen LogP contribution in [0.2, 0.25) is 5.02 Å². The average Bonchev–Trinajstić information content (AvgIpc) is 2.36. The predicted octanol–water partition coefficient (Wildman–Crippen LogP) is 3.41. The molecule has 5 nitrogen and oxygen atoms in total. The van der Waals surface area contributed by atoms with Gasteiger partial charge in [-0.05, 0) is 17.9 Å². The molecule has 0 aromatic heterocycles. The van der Waals surface area contributed by atoms with E-state index in [9.17, 15) is 14.9 Å². The maximum atomic E-state index is 11.9. The van der Waals surface area contributed by atoms with E-state index in [-0.39, 0.29) is 27.6 Å². The third-order valence-corrected chi connectivity index (χ3v) is 3.41. The molecule has 1 amide bonds. The first-order valence-corrected chi connectivity index (χ1v) is 6.37. The van der Waals surface area contributed by atoms with Crippen molar-refractivity contribution in [1.29, 1.82) is 0 Å². The summed E-state index contributed by atoms with van der Waals surface area (Å²) in [6.07, 6.45) is 0.932. The van der Waals surface area contributed by atoms with E-state index in [1.54, 1.807) is 0 Å². The summed E-state index contributed by atoms with van der Waals surface area (Å²) < 4.78 is 0. The summed E-state index contributed by atoms with van der Waals surface area (Å²) in [6.45, 7) is 6.66. The number of benzene rings is 1. The van der Waals surface area contributed by atoms with Gasteiger partial charge in [-0.1, -0.05) is 32.4 Å². The van der Waals surface area contributed by atoms with Gasteiger partial charge in [0.05, 0.1) is 15.5 Å². The maximum Gasteiger partial charge on any atom is 0.270 e. The van der Waals surface area contributed by atoms with Gasteiger partial charge in [-0.25, -0.2) is 0 Å². The van der Waals surface area contributed by atoms with Crippen LogP contribution in [-0.4, -0.2) is 17.4 Å². The monoisotopic (exact) mass is 284 g/mol. The van der Waals surface area contributed by atoms with E-state index < -0.39 is 4.92 Å². The van der Waals surface area contributed by atoms with Crippen LogP contribution >= 0.6 is 11.6 Å². The molecule has 0 aliphatic rings. The second kappa shape index (κ2) is 6.02. The van der Waals surface area contributed by atoms with Crippen molar-refractivity contribution in [3.05, 3.63) is 38.9 Å². The molecule has 1 aromatic carbocycles. The van der Waals surface area contributed by atoms with E-state index in [4.69, 9.17) is 11.6 Å². The largest absolute Gasteiger partial charge is 0.351 e. The fourth-order valence-electron chi connectivity index (χ4n) is 1.34. The quantitative estimate of drug-likeness (QED) is 0.665. The smallest absolute Gasteiger partial charge is 0.270 e. The third-order valence-electron chi connectivity index (χ3n) is 3.09. The number of hydrogen-bond donors (Lipinski definition) is 1. The molecule has 0 heterocycles. The summed E-state index contributed by atoms with van der Waals surface area (Å²) in [7, 11) is 0. The van der Waals surface area contributed by atoms with Gasteiger partial charge in [-0.15, -0.1) is 0 Å². The van der Waals surface area contributed by atoms with Gasteiger partial charge in [0.25, 0.3) is 11.6 Å². The van der Waals surface area contributed by atoms with Gasteiger partial charge in [-0.3, -0.25) is 14.9 Å². The first-order valence-electron chi connectivity index (χ1n) is 5.99. The minimum atomic E-state index is -0.548. The number of amides is 1. The van der Waals surface area contributed by atoms with Gasteiger partial charge >= 0.3 is 0 Å². The zero-order valence-electron chi connectivity index (χ0n) is 11.2. The van der Waals surface area contributed by atoms with Gasteiger partial charge in [0, 0.05) is 18.7 Å². The minimum absolute atomic E-state index is 0.00289. The van der Waals surface area contributed by atoms with Crippen LogP contribution in [-0.2, 0) is 0 Å². The first-order chi connectivity index (χ1) is 8.76. The molecule has 0 aliphatic carbocycles. The molecular weight excluding hydrogens is 268 g/mol. The van der Waals surface area contributed by atoms with Crippen molar-refractivity contribution in [1.82, 2.24) is 5.32 Å². The minimum Gasteiger partial charge on any atom is -0.351 e. The number of nitro benzene ring substituents is 1. The highest BCUT2D eigenvalue weighted by molar-refractivity contribution is 6.34.